The van der Waals surface area contributed by atoms with Gasteiger partial charge in [0.15, 0.2) is 24.2 Å². The lowest BCUT2D eigenvalue weighted by Crippen LogP contribution is -2.62. The van der Waals surface area contributed by atoms with Gasteiger partial charge in [0.05, 0.1) is 12.1 Å². The normalized spacial score (nSPS) is 34.1. The van der Waals surface area contributed by atoms with E-state index in [2.05, 4.69) is 5.32 Å². The summed E-state index contributed by atoms with van der Waals surface area (Å²) in [5.41, 5.74) is 12.9. The Balaban J connectivity index is 1.59. The van der Waals surface area contributed by atoms with Gasteiger partial charge in [0.1, 0.15) is 36.6 Å². The van der Waals surface area contributed by atoms with E-state index in [1.165, 1.54) is 19.1 Å². The lowest BCUT2D eigenvalue weighted by atomic mass is 9.92. The van der Waals surface area contributed by atoms with Gasteiger partial charge in [-0.1, -0.05) is 18.2 Å². The fourth-order valence-corrected chi connectivity index (χ4v) is 6.76. The second kappa shape index (κ2) is 12.7. The summed E-state index contributed by atoms with van der Waals surface area (Å²) in [5, 5.41) is 2.92. The van der Waals surface area contributed by atoms with E-state index in [0.29, 0.717) is 5.69 Å². The largest absolute Gasteiger partial charge is 0.376 e. The zero-order valence-electron chi connectivity index (χ0n) is 26.6. The third-order valence-electron chi connectivity index (χ3n) is 8.51. The number of nitrogens with zero attached hydrogens (tertiary/aromatic N) is 1. The third-order valence-corrected chi connectivity index (χ3v) is 8.51. The van der Waals surface area contributed by atoms with Crippen molar-refractivity contribution >= 4 is 23.5 Å². The summed E-state index contributed by atoms with van der Waals surface area (Å²) in [6, 6.07) is 4.28. The van der Waals surface area contributed by atoms with Gasteiger partial charge in [0.2, 0.25) is 11.8 Å². The molecule has 1 aromatic rings. The molecule has 4 heterocycles. The number of carbonyl (C=O) groups is 3. The molecule has 5 N–H and O–H groups in total. The first-order valence-electron chi connectivity index (χ1n) is 14.9. The van der Waals surface area contributed by atoms with Crippen molar-refractivity contribution in [3.63, 3.8) is 0 Å². The molecule has 4 fully saturated rings. The third kappa shape index (κ3) is 6.81. The molecule has 15 nitrogen and oxygen atoms in total. The number of fused-ring (bicyclic) bond motifs is 2. The Labute approximate surface area is 262 Å². The van der Waals surface area contributed by atoms with Crippen LogP contribution in [0.15, 0.2) is 24.3 Å². The molecular formula is C30H44N4O11. The summed E-state index contributed by atoms with van der Waals surface area (Å²) in [5.74, 6) is -3.38. The van der Waals surface area contributed by atoms with Gasteiger partial charge in [-0.25, -0.2) is 4.79 Å². The van der Waals surface area contributed by atoms with E-state index in [9.17, 15) is 14.4 Å². The summed E-state index contributed by atoms with van der Waals surface area (Å²) >= 11 is 0. The zero-order valence-corrected chi connectivity index (χ0v) is 26.6. The van der Waals surface area contributed by atoms with Crippen LogP contribution in [-0.4, -0.2) is 110 Å². The minimum absolute atomic E-state index is 0.374. The number of para-hydroxylation sites is 1. The highest BCUT2D eigenvalue weighted by molar-refractivity contribution is 5.91. The quantitative estimate of drug-likeness (QED) is 0.315. The summed E-state index contributed by atoms with van der Waals surface area (Å²) in [4.78, 5) is 41.2. The Morgan fingerprint density at radius 3 is 1.67 bits per heavy atom. The Bertz CT molecular complexity index is 1210. The van der Waals surface area contributed by atoms with Crippen LogP contribution in [0.1, 0.15) is 46.1 Å². The van der Waals surface area contributed by atoms with Crippen LogP contribution in [-0.2, 0) is 47.5 Å². The van der Waals surface area contributed by atoms with Crippen molar-refractivity contribution in [1.29, 1.82) is 0 Å². The smallest absolute Gasteiger partial charge is 0.322 e. The standard InChI is InChI=1S/C30H44N4O11/c1-14-10-8-9-11-15(14)33-28(37)34(16(12-18(31)35)20-22(38-6)24-26(40-20)44-29(2,3)42-24)17(13-19(32)36)21-23(39-7)25-27(41-21)45-30(4,5)43-25/h8-11,16-17,20-27H,12-13H2,1-7H3,(H2,31,35)(H2,32,36)(H,33,37)/t16?,17?,20?,21?,22-,23+,24+,25-,26+,27-. The Morgan fingerprint density at radius 2 is 1.27 bits per heavy atom. The topological polar surface area (TPSA) is 192 Å². The van der Waals surface area contributed by atoms with Crippen LogP contribution in [0.5, 0.6) is 0 Å². The fourth-order valence-electron chi connectivity index (χ4n) is 6.76. The molecule has 1 aromatic carbocycles. The van der Waals surface area contributed by atoms with Crippen molar-refractivity contribution in [3.8, 4) is 0 Å². The lowest BCUT2D eigenvalue weighted by molar-refractivity contribution is -0.231. The molecule has 0 spiro atoms. The number of amides is 4. The van der Waals surface area contributed by atoms with Gasteiger partial charge >= 0.3 is 6.03 Å². The number of aryl methyl sites for hydroxylation is 1. The number of nitrogens with two attached hydrogens (primary N) is 2. The van der Waals surface area contributed by atoms with E-state index in [0.717, 1.165) is 5.56 Å². The predicted octanol–water partition coefficient (Wildman–Crippen LogP) is 1.10. The second-order valence-electron chi connectivity index (χ2n) is 12.7. The summed E-state index contributed by atoms with van der Waals surface area (Å²) < 4.78 is 48.4. The first kappa shape index (κ1) is 33.5. The van der Waals surface area contributed by atoms with Crippen LogP contribution in [0.25, 0.3) is 0 Å². The van der Waals surface area contributed by atoms with Crippen molar-refractivity contribution in [2.24, 2.45) is 11.5 Å². The molecule has 0 saturated carbocycles. The highest BCUT2D eigenvalue weighted by Gasteiger charge is 2.62. The number of benzene rings is 1. The minimum atomic E-state index is -1.11. The lowest BCUT2D eigenvalue weighted by Gasteiger charge is -2.44. The SMILES string of the molecule is CO[C@@H]1C(C(CC(N)=O)N(C(=O)Nc2ccccc2C)C(CC(N)=O)C2O[C@@H]3OC(C)(C)O[C@@H]3[C@H]2OC)O[C@H]2OC(C)(C)O[C@H]21. The van der Waals surface area contributed by atoms with Gasteiger partial charge in [0.25, 0.3) is 0 Å². The number of methoxy groups -OCH3 is 2. The molecule has 4 amide bonds. The van der Waals surface area contributed by atoms with Crippen molar-refractivity contribution < 1.29 is 52.3 Å². The molecule has 4 aliphatic rings. The molecule has 0 aromatic heterocycles. The molecule has 4 unspecified atom stereocenters. The zero-order chi connectivity index (χ0) is 32.8. The minimum Gasteiger partial charge on any atom is -0.376 e. The van der Waals surface area contributed by atoms with E-state index in [-0.39, 0.29) is 12.8 Å². The van der Waals surface area contributed by atoms with Crippen LogP contribution in [0.4, 0.5) is 10.5 Å². The average molecular weight is 637 g/mol. The maximum absolute atomic E-state index is 14.5. The molecule has 0 bridgehead atoms. The van der Waals surface area contributed by atoms with Gasteiger partial charge in [-0.05, 0) is 46.2 Å². The van der Waals surface area contributed by atoms with E-state index in [1.807, 2.05) is 19.1 Å². The number of primary amides is 2. The molecule has 10 atom stereocenters. The molecule has 4 aliphatic heterocycles. The molecule has 0 aliphatic carbocycles. The van der Waals surface area contributed by atoms with E-state index in [4.69, 9.17) is 49.4 Å². The van der Waals surface area contributed by atoms with Crippen molar-refractivity contribution in [3.05, 3.63) is 29.8 Å². The van der Waals surface area contributed by atoms with E-state index >= 15 is 0 Å². The van der Waals surface area contributed by atoms with Crippen LogP contribution < -0.4 is 16.8 Å². The number of anilines is 1. The molecule has 5 rings (SSSR count). The number of hydrogen-bond acceptors (Lipinski definition) is 11. The monoisotopic (exact) mass is 636 g/mol. The summed E-state index contributed by atoms with van der Waals surface area (Å²) in [7, 11) is 2.94. The fraction of sp³-hybridized carbons (Fsp3) is 0.700. The molecule has 15 heteroatoms. The van der Waals surface area contributed by atoms with Gasteiger partial charge in [-0.15, -0.1) is 0 Å². The van der Waals surface area contributed by atoms with Crippen molar-refractivity contribution in [1.82, 2.24) is 4.90 Å². The number of hydrogen-bond donors (Lipinski definition) is 3. The molecule has 0 radical (unpaired) electrons. The van der Waals surface area contributed by atoms with Crippen LogP contribution in [0.3, 0.4) is 0 Å². The molecular weight excluding hydrogens is 592 g/mol. The Morgan fingerprint density at radius 1 is 0.822 bits per heavy atom. The van der Waals surface area contributed by atoms with Gasteiger partial charge in [-0.3, -0.25) is 9.59 Å². The number of rotatable bonds is 11. The number of ether oxygens (including phenoxy) is 8. The summed E-state index contributed by atoms with van der Waals surface area (Å²) in [6.07, 6.45) is -7.39. The summed E-state index contributed by atoms with van der Waals surface area (Å²) in [6.45, 7) is 8.80. The van der Waals surface area contributed by atoms with Gasteiger partial charge in [-0.2, -0.15) is 0 Å². The maximum atomic E-state index is 14.5. The number of nitrogens with one attached hydrogen (secondary N) is 1. The first-order valence-corrected chi connectivity index (χ1v) is 14.9. The van der Waals surface area contributed by atoms with Crippen molar-refractivity contribution in [2.75, 3.05) is 19.5 Å². The van der Waals surface area contributed by atoms with Crippen molar-refractivity contribution in [2.45, 2.75) is 120 Å². The van der Waals surface area contributed by atoms with Crippen LogP contribution in [0.2, 0.25) is 0 Å². The Hall–Kier alpha value is -2.89. The predicted molar refractivity (Wildman–Crippen MR) is 156 cm³/mol. The highest BCUT2D eigenvalue weighted by atomic mass is 16.9. The second-order valence-corrected chi connectivity index (χ2v) is 12.7. The van der Waals surface area contributed by atoms with Gasteiger partial charge < -0.3 is 59.6 Å². The van der Waals surface area contributed by atoms with E-state index < -0.39 is 90.7 Å². The average Bonchev–Trinajstić information content (AvgIpc) is 3.62. The van der Waals surface area contributed by atoms with Gasteiger partial charge in [0, 0.05) is 32.7 Å². The molecule has 4 saturated heterocycles. The van der Waals surface area contributed by atoms with Crippen LogP contribution in [0, 0.1) is 6.92 Å². The maximum Gasteiger partial charge on any atom is 0.322 e. The number of urea groups is 1. The molecule has 250 valence electrons. The highest BCUT2D eigenvalue weighted by Crippen LogP contribution is 2.44. The Kier molecular flexibility index (Phi) is 9.46. The van der Waals surface area contributed by atoms with Crippen LogP contribution >= 0.6 is 0 Å². The first-order chi connectivity index (χ1) is 21.1. The number of carbonyl (C=O) groups excluding carboxylic acids is 3. The molecule has 45 heavy (non-hydrogen) atoms. The van der Waals surface area contributed by atoms with E-state index in [1.54, 1.807) is 39.8 Å².